The third-order valence-electron chi connectivity index (χ3n) is 2.59. The molecule has 1 aromatic carbocycles. The maximum Gasteiger partial charge on any atom is 0.123 e. The lowest BCUT2D eigenvalue weighted by Gasteiger charge is -2.27. The van der Waals surface area contributed by atoms with Gasteiger partial charge in [-0.2, -0.15) is 0 Å². The van der Waals surface area contributed by atoms with E-state index in [4.69, 9.17) is 11.1 Å². The van der Waals surface area contributed by atoms with Crippen molar-refractivity contribution in [3.05, 3.63) is 29.8 Å². The first kappa shape index (κ1) is 13.2. The van der Waals surface area contributed by atoms with Crippen LogP contribution in [0.3, 0.4) is 0 Å². The highest BCUT2D eigenvalue weighted by molar-refractivity contribution is 7.67. The topological polar surface area (TPSA) is 49.9 Å². The van der Waals surface area contributed by atoms with E-state index in [2.05, 4.69) is 33.8 Å². The Morgan fingerprint density at radius 3 is 2.06 bits per heavy atom. The van der Waals surface area contributed by atoms with E-state index in [1.165, 1.54) is 5.30 Å². The number of hydrogen-bond donors (Lipinski definition) is 2. The Kier molecular flexibility index (Phi) is 4.49. The number of amidine groups is 1. The van der Waals surface area contributed by atoms with Gasteiger partial charge in [-0.15, -0.1) is 0 Å². The lowest BCUT2D eigenvalue weighted by molar-refractivity contribution is 1.02. The van der Waals surface area contributed by atoms with Gasteiger partial charge in [-0.1, -0.05) is 59.9 Å². The minimum Gasteiger partial charge on any atom is -0.384 e. The van der Waals surface area contributed by atoms with Gasteiger partial charge in [0.1, 0.15) is 5.84 Å². The van der Waals surface area contributed by atoms with E-state index in [0.717, 1.165) is 5.56 Å². The SMILES string of the molecule is CC(C)P(c1ccccc1C(=N)N)C(C)C. The van der Waals surface area contributed by atoms with Gasteiger partial charge in [0.15, 0.2) is 0 Å². The second kappa shape index (κ2) is 5.45. The standard InChI is InChI=1S/C13H21N2P/c1-9(2)16(10(3)4)12-8-6-5-7-11(12)13(14)15/h5-10H,1-4H3,(H3,14,15). The zero-order valence-corrected chi connectivity index (χ0v) is 11.4. The molecular weight excluding hydrogens is 215 g/mol. The Bertz CT molecular complexity index is 364. The number of benzene rings is 1. The van der Waals surface area contributed by atoms with Gasteiger partial charge in [0.25, 0.3) is 0 Å². The fraction of sp³-hybridized carbons (Fsp3) is 0.462. The van der Waals surface area contributed by atoms with E-state index in [-0.39, 0.29) is 13.8 Å². The molecule has 0 saturated heterocycles. The molecule has 0 atom stereocenters. The minimum atomic E-state index is -0.248. The van der Waals surface area contributed by atoms with Crippen molar-refractivity contribution >= 4 is 19.1 Å². The predicted octanol–water partition coefficient (Wildman–Crippen LogP) is 2.89. The Balaban J connectivity index is 3.23. The molecule has 0 spiro atoms. The number of nitrogens with one attached hydrogen (secondary N) is 1. The van der Waals surface area contributed by atoms with Crippen LogP contribution in [0.15, 0.2) is 24.3 Å². The molecule has 0 saturated carbocycles. The summed E-state index contributed by atoms with van der Waals surface area (Å²) in [5, 5.41) is 8.91. The van der Waals surface area contributed by atoms with Crippen LogP contribution in [0.5, 0.6) is 0 Å². The summed E-state index contributed by atoms with van der Waals surface area (Å²) in [5.41, 5.74) is 7.80. The molecule has 88 valence electrons. The number of rotatable bonds is 4. The molecule has 0 radical (unpaired) electrons. The van der Waals surface area contributed by atoms with E-state index in [1.54, 1.807) is 0 Å². The largest absolute Gasteiger partial charge is 0.384 e. The molecule has 0 amide bonds. The smallest absolute Gasteiger partial charge is 0.123 e. The molecule has 16 heavy (non-hydrogen) atoms. The van der Waals surface area contributed by atoms with Crippen LogP contribution in [0, 0.1) is 5.41 Å². The van der Waals surface area contributed by atoms with Gasteiger partial charge < -0.3 is 5.73 Å². The summed E-state index contributed by atoms with van der Waals surface area (Å²) in [7, 11) is -0.248. The zero-order valence-electron chi connectivity index (χ0n) is 10.5. The molecule has 0 unspecified atom stereocenters. The summed E-state index contributed by atoms with van der Waals surface area (Å²) < 4.78 is 0. The average molecular weight is 236 g/mol. The maximum absolute atomic E-state index is 7.64. The van der Waals surface area contributed by atoms with Crippen LogP contribution in [-0.2, 0) is 0 Å². The highest BCUT2D eigenvalue weighted by Gasteiger charge is 2.21. The Morgan fingerprint density at radius 2 is 1.62 bits per heavy atom. The van der Waals surface area contributed by atoms with Crippen molar-refractivity contribution in [2.24, 2.45) is 5.73 Å². The zero-order chi connectivity index (χ0) is 12.3. The quantitative estimate of drug-likeness (QED) is 0.471. The molecule has 0 aliphatic rings. The summed E-state index contributed by atoms with van der Waals surface area (Å²) in [5.74, 6) is 0.185. The van der Waals surface area contributed by atoms with Gasteiger partial charge in [-0.05, 0) is 16.6 Å². The first-order chi connectivity index (χ1) is 7.45. The van der Waals surface area contributed by atoms with Gasteiger partial charge in [0.2, 0.25) is 0 Å². The molecule has 0 fully saturated rings. The van der Waals surface area contributed by atoms with Crippen LogP contribution < -0.4 is 11.0 Å². The fourth-order valence-corrected chi connectivity index (χ4v) is 5.12. The van der Waals surface area contributed by atoms with Gasteiger partial charge in [-0.3, -0.25) is 5.41 Å². The van der Waals surface area contributed by atoms with E-state index in [9.17, 15) is 0 Å². The van der Waals surface area contributed by atoms with Crippen molar-refractivity contribution in [3.63, 3.8) is 0 Å². The molecule has 2 nitrogen and oxygen atoms in total. The van der Waals surface area contributed by atoms with E-state index >= 15 is 0 Å². The van der Waals surface area contributed by atoms with Crippen molar-refractivity contribution in [2.45, 2.75) is 39.0 Å². The first-order valence-electron chi connectivity index (χ1n) is 5.67. The Hall–Kier alpha value is -0.880. The molecule has 0 bridgehead atoms. The normalized spacial score (nSPS) is 11.4. The van der Waals surface area contributed by atoms with Gasteiger partial charge in [-0.25, -0.2) is 0 Å². The molecule has 1 rings (SSSR count). The van der Waals surface area contributed by atoms with Gasteiger partial charge >= 0.3 is 0 Å². The van der Waals surface area contributed by atoms with Crippen molar-refractivity contribution in [3.8, 4) is 0 Å². The van der Waals surface area contributed by atoms with Crippen molar-refractivity contribution < 1.29 is 0 Å². The van der Waals surface area contributed by atoms with Crippen molar-refractivity contribution in [1.82, 2.24) is 0 Å². The van der Waals surface area contributed by atoms with Gasteiger partial charge in [0.05, 0.1) is 0 Å². The predicted molar refractivity (Wildman–Crippen MR) is 74.3 cm³/mol. The summed E-state index contributed by atoms with van der Waals surface area (Å²) in [4.78, 5) is 0. The molecule has 0 heterocycles. The lowest BCUT2D eigenvalue weighted by Crippen LogP contribution is -2.25. The molecule has 0 aliphatic carbocycles. The van der Waals surface area contributed by atoms with Crippen LogP contribution in [0.25, 0.3) is 0 Å². The third kappa shape index (κ3) is 2.82. The summed E-state index contributed by atoms with van der Waals surface area (Å²) >= 11 is 0. The highest BCUT2D eigenvalue weighted by Crippen LogP contribution is 2.45. The summed E-state index contributed by atoms with van der Waals surface area (Å²) in [6, 6.07) is 8.08. The number of nitrogen functional groups attached to an aromatic ring is 1. The van der Waals surface area contributed by atoms with Gasteiger partial charge in [0, 0.05) is 5.56 Å². The van der Waals surface area contributed by atoms with Crippen LogP contribution >= 0.6 is 7.92 Å². The lowest BCUT2D eigenvalue weighted by atomic mass is 10.2. The first-order valence-corrected chi connectivity index (χ1v) is 7.15. The Morgan fingerprint density at radius 1 is 1.12 bits per heavy atom. The van der Waals surface area contributed by atoms with E-state index < -0.39 is 0 Å². The fourth-order valence-electron chi connectivity index (χ4n) is 2.08. The van der Waals surface area contributed by atoms with E-state index in [1.807, 2.05) is 18.2 Å². The number of nitrogens with two attached hydrogens (primary N) is 1. The highest BCUT2D eigenvalue weighted by atomic mass is 31.1. The molecular formula is C13H21N2P. The average Bonchev–Trinajstić information content (AvgIpc) is 2.17. The third-order valence-corrected chi connectivity index (χ3v) is 5.76. The molecule has 3 N–H and O–H groups in total. The monoisotopic (exact) mass is 236 g/mol. The minimum absolute atomic E-state index is 0.185. The molecule has 3 heteroatoms. The molecule has 1 aromatic rings. The summed E-state index contributed by atoms with van der Waals surface area (Å²) in [6.45, 7) is 9.01. The van der Waals surface area contributed by atoms with Crippen LogP contribution in [0.4, 0.5) is 0 Å². The number of hydrogen-bond acceptors (Lipinski definition) is 1. The van der Waals surface area contributed by atoms with E-state index in [0.29, 0.717) is 11.3 Å². The summed E-state index contributed by atoms with van der Waals surface area (Å²) in [6.07, 6.45) is 0. The second-order valence-corrected chi connectivity index (χ2v) is 7.89. The maximum atomic E-state index is 7.64. The van der Waals surface area contributed by atoms with Crippen LogP contribution in [0.2, 0.25) is 0 Å². The molecule has 0 aliphatic heterocycles. The second-order valence-electron chi connectivity index (χ2n) is 4.53. The van der Waals surface area contributed by atoms with Crippen LogP contribution in [0.1, 0.15) is 33.3 Å². The van der Waals surface area contributed by atoms with Crippen LogP contribution in [-0.4, -0.2) is 17.2 Å². The Labute approximate surface area is 99.5 Å². The molecule has 0 aromatic heterocycles. The van der Waals surface area contributed by atoms with Crippen molar-refractivity contribution in [1.29, 1.82) is 5.41 Å². The van der Waals surface area contributed by atoms with Crippen molar-refractivity contribution in [2.75, 3.05) is 0 Å².